The number of carboxylic acid groups (broad SMARTS) is 2. The van der Waals surface area contributed by atoms with Crippen molar-refractivity contribution in [3.8, 4) is 11.1 Å². The fourth-order valence-corrected chi connectivity index (χ4v) is 2.84. The monoisotopic (exact) mass is 282 g/mol. The van der Waals surface area contributed by atoms with Crippen LogP contribution in [0, 0.1) is 5.92 Å². The summed E-state index contributed by atoms with van der Waals surface area (Å²) in [5.41, 5.74) is 5.47. The molecule has 0 saturated heterocycles. The van der Waals surface area contributed by atoms with Gasteiger partial charge in [-0.1, -0.05) is 42.5 Å². The van der Waals surface area contributed by atoms with Gasteiger partial charge in [-0.2, -0.15) is 0 Å². The summed E-state index contributed by atoms with van der Waals surface area (Å²) in [4.78, 5) is 22.0. The smallest absolute Gasteiger partial charge is 0.318 e. The molecule has 0 bridgehead atoms. The molecule has 0 saturated carbocycles. The number of hydrogen-bond donors (Lipinski definition) is 2. The highest BCUT2D eigenvalue weighted by molar-refractivity contribution is 5.93. The third-order valence-corrected chi connectivity index (χ3v) is 3.89. The fraction of sp³-hybridized carbons (Fsp3) is 0.176. The molecule has 4 heteroatoms. The molecule has 0 spiro atoms. The fourth-order valence-electron chi connectivity index (χ4n) is 2.84. The van der Waals surface area contributed by atoms with E-state index in [1.165, 1.54) is 11.1 Å². The van der Waals surface area contributed by atoms with Crippen molar-refractivity contribution in [2.75, 3.05) is 0 Å². The summed E-state index contributed by atoms with van der Waals surface area (Å²) in [6.45, 7) is 0. The van der Waals surface area contributed by atoms with Crippen molar-refractivity contribution >= 4 is 11.9 Å². The zero-order valence-electron chi connectivity index (χ0n) is 11.2. The summed E-state index contributed by atoms with van der Waals surface area (Å²) in [6, 6.07) is 13.8. The summed E-state index contributed by atoms with van der Waals surface area (Å²) in [6.07, 6.45) is 0.818. The van der Waals surface area contributed by atoms with Gasteiger partial charge < -0.3 is 10.2 Å². The van der Waals surface area contributed by atoms with Crippen LogP contribution in [0.15, 0.2) is 42.5 Å². The molecule has 0 atom stereocenters. The van der Waals surface area contributed by atoms with Crippen molar-refractivity contribution in [2.24, 2.45) is 5.92 Å². The molecule has 3 rings (SSSR count). The first-order valence-corrected chi connectivity index (χ1v) is 6.72. The van der Waals surface area contributed by atoms with Crippen molar-refractivity contribution in [1.29, 1.82) is 0 Å². The Morgan fingerprint density at radius 1 is 0.952 bits per heavy atom. The van der Waals surface area contributed by atoms with E-state index in [0.29, 0.717) is 0 Å². The van der Waals surface area contributed by atoms with E-state index in [4.69, 9.17) is 10.2 Å². The number of carbonyl (C=O) groups is 2. The lowest BCUT2D eigenvalue weighted by Crippen LogP contribution is -2.25. The Balaban J connectivity index is 1.90. The van der Waals surface area contributed by atoms with Crippen LogP contribution in [0.2, 0.25) is 0 Å². The van der Waals surface area contributed by atoms with E-state index < -0.39 is 17.9 Å². The van der Waals surface area contributed by atoms with Crippen LogP contribution in [0.3, 0.4) is 0 Å². The van der Waals surface area contributed by atoms with Gasteiger partial charge in [-0.25, -0.2) is 0 Å². The van der Waals surface area contributed by atoms with E-state index in [-0.39, 0.29) is 6.42 Å². The molecule has 0 aliphatic heterocycles. The number of hydrogen-bond acceptors (Lipinski definition) is 2. The molecule has 0 fully saturated rings. The van der Waals surface area contributed by atoms with Gasteiger partial charge in [-0.15, -0.1) is 0 Å². The standard InChI is InChI=1S/C17H14O4/c18-16(19)15(17(20)21)8-10-5-6-14-12(7-10)9-11-3-1-2-4-13(11)14/h1-7,15H,8-9H2,(H,18,19)(H,20,21). The number of rotatable bonds is 4. The average molecular weight is 282 g/mol. The number of fused-ring (bicyclic) bond motifs is 3. The maximum atomic E-state index is 11.0. The van der Waals surface area contributed by atoms with E-state index in [0.717, 1.165) is 23.1 Å². The first kappa shape index (κ1) is 13.4. The minimum Gasteiger partial charge on any atom is -0.481 e. The molecule has 106 valence electrons. The van der Waals surface area contributed by atoms with Gasteiger partial charge in [0.15, 0.2) is 5.92 Å². The van der Waals surface area contributed by atoms with Crippen LogP contribution < -0.4 is 0 Å². The van der Waals surface area contributed by atoms with Gasteiger partial charge in [-0.05, 0) is 40.7 Å². The Bertz CT molecular complexity index is 719. The van der Waals surface area contributed by atoms with Gasteiger partial charge in [0, 0.05) is 0 Å². The van der Waals surface area contributed by atoms with Crippen molar-refractivity contribution < 1.29 is 19.8 Å². The number of aliphatic carboxylic acids is 2. The predicted molar refractivity (Wildman–Crippen MR) is 77.1 cm³/mol. The molecule has 4 nitrogen and oxygen atoms in total. The summed E-state index contributed by atoms with van der Waals surface area (Å²) < 4.78 is 0. The maximum absolute atomic E-state index is 11.0. The zero-order chi connectivity index (χ0) is 15.0. The molecule has 2 N–H and O–H groups in total. The van der Waals surface area contributed by atoms with Gasteiger partial charge in [0.1, 0.15) is 0 Å². The molecule has 21 heavy (non-hydrogen) atoms. The second-order valence-electron chi connectivity index (χ2n) is 5.26. The summed E-state index contributed by atoms with van der Waals surface area (Å²) in [5, 5.41) is 17.9. The Morgan fingerprint density at radius 2 is 1.62 bits per heavy atom. The van der Waals surface area contributed by atoms with Gasteiger partial charge in [-0.3, -0.25) is 9.59 Å². The molecule has 1 aliphatic rings. The molecule has 1 aliphatic carbocycles. The second-order valence-corrected chi connectivity index (χ2v) is 5.26. The maximum Gasteiger partial charge on any atom is 0.318 e. The van der Waals surface area contributed by atoms with Crippen molar-refractivity contribution in [1.82, 2.24) is 0 Å². The largest absolute Gasteiger partial charge is 0.481 e. The van der Waals surface area contributed by atoms with Crippen LogP contribution in [-0.2, 0) is 22.4 Å². The Kier molecular flexibility index (Phi) is 3.22. The number of benzene rings is 2. The van der Waals surface area contributed by atoms with Gasteiger partial charge in [0.25, 0.3) is 0 Å². The van der Waals surface area contributed by atoms with E-state index in [1.807, 2.05) is 30.3 Å². The van der Waals surface area contributed by atoms with Crippen LogP contribution in [0.5, 0.6) is 0 Å². The SMILES string of the molecule is O=C(O)C(Cc1ccc2c(c1)Cc1ccccc1-2)C(=O)O. The molecule has 0 unspecified atom stereocenters. The Morgan fingerprint density at radius 3 is 2.33 bits per heavy atom. The molecule has 0 aromatic heterocycles. The van der Waals surface area contributed by atoms with E-state index in [9.17, 15) is 9.59 Å². The van der Waals surface area contributed by atoms with Crippen molar-refractivity contribution in [3.63, 3.8) is 0 Å². The summed E-state index contributed by atoms with van der Waals surface area (Å²) >= 11 is 0. The topological polar surface area (TPSA) is 74.6 Å². The molecule has 2 aromatic carbocycles. The van der Waals surface area contributed by atoms with Crippen LogP contribution >= 0.6 is 0 Å². The molecule has 0 amide bonds. The van der Waals surface area contributed by atoms with Gasteiger partial charge >= 0.3 is 11.9 Å². The van der Waals surface area contributed by atoms with Crippen LogP contribution in [-0.4, -0.2) is 22.2 Å². The van der Waals surface area contributed by atoms with Crippen molar-refractivity contribution in [3.05, 3.63) is 59.2 Å². The van der Waals surface area contributed by atoms with E-state index >= 15 is 0 Å². The minimum atomic E-state index is -1.40. The highest BCUT2D eigenvalue weighted by Gasteiger charge is 2.26. The third kappa shape index (κ3) is 2.40. The van der Waals surface area contributed by atoms with Crippen molar-refractivity contribution in [2.45, 2.75) is 12.8 Å². The molecule has 2 aromatic rings. The minimum absolute atomic E-state index is 0.00823. The van der Waals surface area contributed by atoms with Crippen LogP contribution in [0.25, 0.3) is 11.1 Å². The lowest BCUT2D eigenvalue weighted by atomic mass is 9.96. The highest BCUT2D eigenvalue weighted by atomic mass is 16.4. The highest BCUT2D eigenvalue weighted by Crippen LogP contribution is 2.36. The first-order chi connectivity index (χ1) is 10.1. The first-order valence-electron chi connectivity index (χ1n) is 6.72. The van der Waals surface area contributed by atoms with E-state index in [2.05, 4.69) is 12.1 Å². The summed E-state index contributed by atoms with van der Waals surface area (Å²) in [7, 11) is 0. The molecular weight excluding hydrogens is 268 g/mol. The zero-order valence-corrected chi connectivity index (χ0v) is 11.2. The third-order valence-electron chi connectivity index (χ3n) is 3.89. The van der Waals surface area contributed by atoms with E-state index in [1.54, 1.807) is 0 Å². The number of carboxylic acids is 2. The second kappa shape index (κ2) is 5.05. The summed E-state index contributed by atoms with van der Waals surface area (Å²) in [5.74, 6) is -4.00. The Hall–Kier alpha value is -2.62. The lowest BCUT2D eigenvalue weighted by molar-refractivity contribution is -0.154. The van der Waals surface area contributed by atoms with Gasteiger partial charge in [0.2, 0.25) is 0 Å². The van der Waals surface area contributed by atoms with Gasteiger partial charge in [0.05, 0.1) is 0 Å². The lowest BCUT2D eigenvalue weighted by Gasteiger charge is -2.09. The molecule has 0 heterocycles. The molecule has 0 radical (unpaired) electrons. The van der Waals surface area contributed by atoms with Crippen LogP contribution in [0.4, 0.5) is 0 Å². The van der Waals surface area contributed by atoms with Crippen LogP contribution in [0.1, 0.15) is 16.7 Å². The molecular formula is C17H14O4. The predicted octanol–water partition coefficient (Wildman–Crippen LogP) is 2.59. The average Bonchev–Trinajstić information content (AvgIpc) is 2.81. The quantitative estimate of drug-likeness (QED) is 0.721. The normalized spacial score (nSPS) is 12.0. The Labute approximate surface area is 121 Å².